The fraction of sp³-hybridized carbons (Fsp3) is 0.250. The van der Waals surface area contributed by atoms with Crippen molar-refractivity contribution in [3.8, 4) is 11.5 Å². The zero-order valence-corrected chi connectivity index (χ0v) is 9.56. The molecule has 0 aliphatic rings. The highest BCUT2D eigenvalue weighted by Crippen LogP contribution is 2.22. The van der Waals surface area contributed by atoms with E-state index in [1.165, 1.54) is 11.3 Å². The molecule has 3 aromatic rings. The highest BCUT2D eigenvalue weighted by molar-refractivity contribution is 7.20. The molecule has 0 saturated carbocycles. The van der Waals surface area contributed by atoms with Gasteiger partial charge in [-0.05, 0) is 13.0 Å². The summed E-state index contributed by atoms with van der Waals surface area (Å²) in [4.78, 5) is 0.686. The molecule has 16 heavy (non-hydrogen) atoms. The van der Waals surface area contributed by atoms with Gasteiger partial charge < -0.3 is 5.73 Å². The number of fused-ring (bicyclic) bond motifs is 1. The van der Waals surface area contributed by atoms with Crippen molar-refractivity contribution in [3.05, 3.63) is 11.8 Å². The van der Waals surface area contributed by atoms with Crippen LogP contribution in [0.25, 0.3) is 16.5 Å². The summed E-state index contributed by atoms with van der Waals surface area (Å²) >= 11 is 1.31. The van der Waals surface area contributed by atoms with Crippen LogP contribution in [0.4, 0.5) is 5.13 Å². The molecule has 0 aliphatic carbocycles. The summed E-state index contributed by atoms with van der Waals surface area (Å²) in [5.41, 5.74) is 7.42. The standard InChI is InChI=1S/C8H9N7S/c1-4-3-5(14(2)12-4)6-10-11-8-15(6)13-7(9)16-8/h3H,1-2H3,(H2,9,13). The average Bonchev–Trinajstić information content (AvgIpc) is 2.80. The highest BCUT2D eigenvalue weighted by atomic mass is 32.1. The van der Waals surface area contributed by atoms with Gasteiger partial charge in [0.25, 0.3) is 0 Å². The van der Waals surface area contributed by atoms with Crippen LogP contribution in [0.3, 0.4) is 0 Å². The van der Waals surface area contributed by atoms with Gasteiger partial charge in [-0.2, -0.15) is 9.61 Å². The Labute approximate surface area is 94.5 Å². The Morgan fingerprint density at radius 2 is 2.12 bits per heavy atom. The van der Waals surface area contributed by atoms with E-state index in [-0.39, 0.29) is 0 Å². The van der Waals surface area contributed by atoms with Crippen molar-refractivity contribution in [3.63, 3.8) is 0 Å². The predicted molar refractivity (Wildman–Crippen MR) is 60.0 cm³/mol. The Morgan fingerprint density at radius 3 is 2.81 bits per heavy atom. The number of anilines is 1. The topological polar surface area (TPSA) is 86.9 Å². The van der Waals surface area contributed by atoms with Gasteiger partial charge in [-0.25, -0.2) is 0 Å². The minimum absolute atomic E-state index is 0.477. The summed E-state index contributed by atoms with van der Waals surface area (Å²) < 4.78 is 3.39. The first-order chi connectivity index (χ1) is 7.65. The number of nitrogens with two attached hydrogens (primary N) is 1. The molecule has 3 rings (SSSR count). The molecule has 0 amide bonds. The normalized spacial score (nSPS) is 11.4. The van der Waals surface area contributed by atoms with E-state index >= 15 is 0 Å². The van der Waals surface area contributed by atoms with Gasteiger partial charge in [-0.15, -0.1) is 15.3 Å². The van der Waals surface area contributed by atoms with Crippen LogP contribution in [-0.4, -0.2) is 29.6 Å². The molecule has 2 N–H and O–H groups in total. The number of nitrogen functional groups attached to an aromatic ring is 1. The Balaban J connectivity index is 2.29. The van der Waals surface area contributed by atoms with Crippen LogP contribution in [0.1, 0.15) is 5.69 Å². The zero-order chi connectivity index (χ0) is 11.3. The van der Waals surface area contributed by atoms with Crippen molar-refractivity contribution < 1.29 is 0 Å². The Kier molecular flexibility index (Phi) is 1.75. The molecule has 0 aromatic carbocycles. The summed E-state index contributed by atoms with van der Waals surface area (Å²) in [5, 5.41) is 17.0. The molecule has 0 spiro atoms. The summed E-state index contributed by atoms with van der Waals surface area (Å²) in [7, 11) is 1.86. The molecule has 0 unspecified atom stereocenters. The fourth-order valence-corrected chi connectivity index (χ4v) is 2.22. The molecule has 0 saturated heterocycles. The lowest BCUT2D eigenvalue weighted by Gasteiger charge is -1.95. The highest BCUT2D eigenvalue weighted by Gasteiger charge is 2.15. The minimum Gasteiger partial charge on any atom is -0.374 e. The number of aromatic nitrogens is 6. The summed E-state index contributed by atoms with van der Waals surface area (Å²) in [6, 6.07) is 1.94. The quantitative estimate of drug-likeness (QED) is 0.662. The van der Waals surface area contributed by atoms with Crippen LogP contribution < -0.4 is 5.73 Å². The first kappa shape index (κ1) is 9.28. The summed E-state index contributed by atoms with van der Waals surface area (Å²) in [5.74, 6) is 0.658. The van der Waals surface area contributed by atoms with Crippen LogP contribution in [0, 0.1) is 6.92 Å². The predicted octanol–water partition coefficient (Wildman–Crippen LogP) is 0.477. The number of hydrogen-bond acceptors (Lipinski definition) is 6. The van der Waals surface area contributed by atoms with E-state index in [4.69, 9.17) is 5.73 Å². The molecular weight excluding hydrogens is 226 g/mol. The molecule has 8 heteroatoms. The lowest BCUT2D eigenvalue weighted by Crippen LogP contribution is -1.98. The summed E-state index contributed by atoms with van der Waals surface area (Å²) in [6.45, 7) is 1.93. The second-order valence-corrected chi connectivity index (χ2v) is 4.44. The van der Waals surface area contributed by atoms with Crippen molar-refractivity contribution in [2.45, 2.75) is 6.92 Å². The van der Waals surface area contributed by atoms with Gasteiger partial charge in [0.2, 0.25) is 15.9 Å². The molecule has 3 heterocycles. The van der Waals surface area contributed by atoms with E-state index in [0.717, 1.165) is 11.4 Å². The maximum absolute atomic E-state index is 5.62. The minimum atomic E-state index is 0.477. The second-order valence-electron chi connectivity index (χ2n) is 3.45. The number of hydrogen-bond donors (Lipinski definition) is 1. The molecule has 82 valence electrons. The Hall–Kier alpha value is -1.96. The lowest BCUT2D eigenvalue weighted by atomic mass is 10.3. The SMILES string of the molecule is Cc1cc(-c2nnc3sc(N)nn23)n(C)n1. The van der Waals surface area contributed by atoms with E-state index in [2.05, 4.69) is 20.4 Å². The third kappa shape index (κ3) is 1.20. The van der Waals surface area contributed by atoms with Gasteiger partial charge in [0, 0.05) is 7.05 Å². The van der Waals surface area contributed by atoms with Crippen molar-refractivity contribution in [2.24, 2.45) is 7.05 Å². The van der Waals surface area contributed by atoms with Gasteiger partial charge >= 0.3 is 0 Å². The zero-order valence-electron chi connectivity index (χ0n) is 8.75. The number of nitrogens with zero attached hydrogens (tertiary/aromatic N) is 6. The van der Waals surface area contributed by atoms with E-state index in [1.54, 1.807) is 9.20 Å². The maximum Gasteiger partial charge on any atom is 0.236 e. The first-order valence-electron chi connectivity index (χ1n) is 4.64. The third-order valence-corrected chi connectivity index (χ3v) is 2.97. The monoisotopic (exact) mass is 235 g/mol. The van der Waals surface area contributed by atoms with Gasteiger partial charge in [-0.1, -0.05) is 11.3 Å². The fourth-order valence-electron chi connectivity index (χ4n) is 1.61. The number of aryl methyl sites for hydroxylation is 2. The first-order valence-corrected chi connectivity index (χ1v) is 5.45. The largest absolute Gasteiger partial charge is 0.374 e. The Bertz CT molecular complexity index is 661. The van der Waals surface area contributed by atoms with Crippen molar-refractivity contribution in [1.29, 1.82) is 0 Å². The van der Waals surface area contributed by atoms with Crippen LogP contribution in [-0.2, 0) is 7.05 Å². The molecular formula is C8H9N7S. The van der Waals surface area contributed by atoms with Crippen molar-refractivity contribution in [2.75, 3.05) is 5.73 Å². The van der Waals surface area contributed by atoms with Gasteiger partial charge in [0.05, 0.1) is 5.69 Å². The Morgan fingerprint density at radius 1 is 1.31 bits per heavy atom. The average molecular weight is 235 g/mol. The van der Waals surface area contributed by atoms with Crippen LogP contribution in [0.2, 0.25) is 0 Å². The van der Waals surface area contributed by atoms with Gasteiger partial charge in [0.1, 0.15) is 5.69 Å². The molecule has 7 nitrogen and oxygen atoms in total. The molecule has 0 bridgehead atoms. The molecule has 0 radical (unpaired) electrons. The van der Waals surface area contributed by atoms with Crippen LogP contribution >= 0.6 is 11.3 Å². The number of rotatable bonds is 1. The van der Waals surface area contributed by atoms with Crippen molar-refractivity contribution >= 4 is 21.4 Å². The van der Waals surface area contributed by atoms with Gasteiger partial charge in [-0.3, -0.25) is 4.68 Å². The summed E-state index contributed by atoms with van der Waals surface area (Å²) in [6.07, 6.45) is 0. The van der Waals surface area contributed by atoms with Crippen LogP contribution in [0.15, 0.2) is 6.07 Å². The molecule has 0 aliphatic heterocycles. The van der Waals surface area contributed by atoms with Gasteiger partial charge in [0.15, 0.2) is 0 Å². The molecule has 0 fully saturated rings. The molecule has 0 atom stereocenters. The van der Waals surface area contributed by atoms with E-state index in [1.807, 2.05) is 20.0 Å². The van der Waals surface area contributed by atoms with Crippen molar-refractivity contribution in [1.82, 2.24) is 29.6 Å². The van der Waals surface area contributed by atoms with E-state index in [0.29, 0.717) is 15.9 Å². The van der Waals surface area contributed by atoms with Crippen LogP contribution in [0.5, 0.6) is 0 Å². The lowest BCUT2D eigenvalue weighted by molar-refractivity contribution is 0.754. The maximum atomic E-state index is 5.62. The van der Waals surface area contributed by atoms with E-state index in [9.17, 15) is 0 Å². The van der Waals surface area contributed by atoms with E-state index < -0.39 is 0 Å². The third-order valence-electron chi connectivity index (χ3n) is 2.24. The molecule has 3 aromatic heterocycles. The smallest absolute Gasteiger partial charge is 0.236 e. The second kappa shape index (κ2) is 3.01.